The number of hydrogen-bond acceptors (Lipinski definition) is 7. The average molecular weight is 595 g/mol. The first kappa shape index (κ1) is 32.6. The number of aromatic amines is 1. The monoisotopic (exact) mass is 594 g/mol. The SMILES string of the molecule is NC(N)=NCCCC(NC(=O)C(Cc1c[nH]c2ccccc12)NC(=O)C(N)Cc1ccccc1)C(=O)NC(CO)C(=O)O. The number of aliphatic hydroxyl groups is 1. The summed E-state index contributed by atoms with van der Waals surface area (Å²) in [4.78, 5) is 58.3. The predicted octanol–water partition coefficient (Wildman–Crippen LogP) is -1.13. The normalized spacial score (nSPS) is 13.7. The Morgan fingerprint density at radius 1 is 0.837 bits per heavy atom. The molecule has 14 heteroatoms. The molecule has 0 fully saturated rings. The lowest BCUT2D eigenvalue weighted by atomic mass is 10.0. The van der Waals surface area contributed by atoms with Gasteiger partial charge in [0.15, 0.2) is 5.96 Å². The molecule has 230 valence electrons. The maximum atomic E-state index is 13.7. The van der Waals surface area contributed by atoms with E-state index in [1.54, 1.807) is 6.20 Å². The second-order valence-electron chi connectivity index (χ2n) is 10.0. The smallest absolute Gasteiger partial charge is 0.328 e. The number of carboxylic acids is 1. The number of rotatable bonds is 16. The van der Waals surface area contributed by atoms with E-state index in [1.807, 2.05) is 54.6 Å². The Morgan fingerprint density at radius 3 is 2.14 bits per heavy atom. The summed E-state index contributed by atoms with van der Waals surface area (Å²) in [6.07, 6.45) is 2.33. The van der Waals surface area contributed by atoms with Crippen molar-refractivity contribution in [3.63, 3.8) is 0 Å². The van der Waals surface area contributed by atoms with Crippen LogP contribution in [-0.2, 0) is 32.0 Å². The molecular weight excluding hydrogens is 556 g/mol. The fourth-order valence-electron chi connectivity index (χ4n) is 4.47. The summed E-state index contributed by atoms with van der Waals surface area (Å²) in [7, 11) is 0. The second-order valence-corrected chi connectivity index (χ2v) is 10.0. The van der Waals surface area contributed by atoms with E-state index in [0.29, 0.717) is 0 Å². The molecule has 0 spiro atoms. The third kappa shape index (κ3) is 9.83. The molecule has 0 aliphatic heterocycles. The minimum Gasteiger partial charge on any atom is -0.480 e. The van der Waals surface area contributed by atoms with Gasteiger partial charge >= 0.3 is 5.97 Å². The fraction of sp³-hybridized carbons (Fsp3) is 0.345. The first-order chi connectivity index (χ1) is 20.6. The molecule has 0 radical (unpaired) electrons. The lowest BCUT2D eigenvalue weighted by Gasteiger charge is -2.25. The molecule has 0 saturated carbocycles. The van der Waals surface area contributed by atoms with Crippen molar-refractivity contribution in [3.05, 3.63) is 71.9 Å². The van der Waals surface area contributed by atoms with Crippen molar-refractivity contribution in [1.82, 2.24) is 20.9 Å². The Bertz CT molecular complexity index is 1420. The lowest BCUT2D eigenvalue weighted by Crippen LogP contribution is -2.58. The number of aromatic nitrogens is 1. The van der Waals surface area contributed by atoms with Gasteiger partial charge in [0, 0.05) is 30.1 Å². The topological polar surface area (TPSA) is 251 Å². The number of guanidine groups is 1. The molecule has 3 aromatic rings. The van der Waals surface area contributed by atoms with E-state index < -0.39 is 54.5 Å². The van der Waals surface area contributed by atoms with E-state index in [4.69, 9.17) is 17.2 Å². The summed E-state index contributed by atoms with van der Waals surface area (Å²) in [6, 6.07) is 11.7. The maximum absolute atomic E-state index is 13.7. The molecule has 0 aliphatic rings. The van der Waals surface area contributed by atoms with E-state index in [2.05, 4.69) is 25.9 Å². The minimum absolute atomic E-state index is 0.0351. The van der Waals surface area contributed by atoms with Gasteiger partial charge in [-0.25, -0.2) is 4.79 Å². The van der Waals surface area contributed by atoms with Gasteiger partial charge in [-0.15, -0.1) is 0 Å². The van der Waals surface area contributed by atoms with Crippen molar-refractivity contribution in [3.8, 4) is 0 Å². The van der Waals surface area contributed by atoms with Gasteiger partial charge in [-0.1, -0.05) is 48.5 Å². The number of aliphatic hydroxyl groups excluding tert-OH is 1. The van der Waals surface area contributed by atoms with Crippen LogP contribution in [0.3, 0.4) is 0 Å². The van der Waals surface area contributed by atoms with Crippen LogP contribution in [0.15, 0.2) is 65.8 Å². The van der Waals surface area contributed by atoms with Gasteiger partial charge in [0.25, 0.3) is 0 Å². The highest BCUT2D eigenvalue weighted by molar-refractivity contribution is 5.95. The van der Waals surface area contributed by atoms with Crippen LogP contribution in [-0.4, -0.2) is 82.2 Å². The number of amides is 3. The van der Waals surface area contributed by atoms with Crippen LogP contribution < -0.4 is 33.2 Å². The molecule has 1 aromatic heterocycles. The zero-order valence-electron chi connectivity index (χ0n) is 23.5. The first-order valence-electron chi connectivity index (χ1n) is 13.7. The second kappa shape index (κ2) is 15.9. The molecule has 14 nitrogen and oxygen atoms in total. The quantitative estimate of drug-likeness (QED) is 0.0551. The van der Waals surface area contributed by atoms with Crippen molar-refractivity contribution >= 4 is 40.6 Å². The van der Waals surface area contributed by atoms with Crippen LogP contribution in [0.2, 0.25) is 0 Å². The van der Waals surface area contributed by atoms with Gasteiger partial charge in [-0.3, -0.25) is 19.4 Å². The molecule has 4 atom stereocenters. The molecule has 2 aromatic carbocycles. The number of carboxylic acid groups (broad SMARTS) is 1. The van der Waals surface area contributed by atoms with Crippen LogP contribution >= 0.6 is 0 Å². The summed E-state index contributed by atoms with van der Waals surface area (Å²) < 4.78 is 0. The fourth-order valence-corrected chi connectivity index (χ4v) is 4.47. The van der Waals surface area contributed by atoms with Crippen molar-refractivity contribution in [2.45, 2.75) is 49.9 Å². The summed E-state index contributed by atoms with van der Waals surface area (Å²) in [5.41, 5.74) is 19.3. The van der Waals surface area contributed by atoms with Crippen molar-refractivity contribution in [1.29, 1.82) is 0 Å². The maximum Gasteiger partial charge on any atom is 0.328 e. The van der Waals surface area contributed by atoms with Crippen LogP contribution in [0.4, 0.5) is 0 Å². The first-order valence-corrected chi connectivity index (χ1v) is 13.7. The number of benzene rings is 2. The predicted molar refractivity (Wildman–Crippen MR) is 161 cm³/mol. The highest BCUT2D eigenvalue weighted by atomic mass is 16.4. The Labute approximate surface area is 248 Å². The number of carbonyl (C=O) groups excluding carboxylic acids is 3. The summed E-state index contributed by atoms with van der Waals surface area (Å²) in [6.45, 7) is -0.706. The minimum atomic E-state index is -1.58. The van der Waals surface area contributed by atoms with Crippen LogP contribution in [0.25, 0.3) is 10.9 Å². The highest BCUT2D eigenvalue weighted by Gasteiger charge is 2.30. The molecule has 3 amide bonds. The Balaban J connectivity index is 1.83. The van der Waals surface area contributed by atoms with Gasteiger partial charge in [-0.2, -0.15) is 0 Å². The number of para-hydroxylation sites is 1. The van der Waals surface area contributed by atoms with Crippen molar-refractivity contribution in [2.24, 2.45) is 22.2 Å². The molecule has 12 N–H and O–H groups in total. The summed E-state index contributed by atoms with van der Waals surface area (Å²) in [5.74, 6) is -3.69. The van der Waals surface area contributed by atoms with Gasteiger partial charge in [-0.05, 0) is 36.5 Å². The molecule has 0 bridgehead atoms. The van der Waals surface area contributed by atoms with E-state index >= 15 is 0 Å². The Hall–Kier alpha value is -4.95. The number of H-pyrrole nitrogens is 1. The van der Waals surface area contributed by atoms with Crippen molar-refractivity contribution < 1.29 is 29.4 Å². The number of fused-ring (bicyclic) bond motifs is 1. The van der Waals surface area contributed by atoms with Gasteiger partial charge < -0.3 is 48.3 Å². The number of aliphatic imine (C=N–C) groups is 1. The Morgan fingerprint density at radius 2 is 1.47 bits per heavy atom. The molecule has 1 heterocycles. The van der Waals surface area contributed by atoms with Gasteiger partial charge in [0.05, 0.1) is 12.6 Å². The zero-order chi connectivity index (χ0) is 31.4. The number of nitrogens with one attached hydrogen (secondary N) is 4. The molecule has 3 rings (SSSR count). The lowest BCUT2D eigenvalue weighted by molar-refractivity contribution is -0.143. The average Bonchev–Trinajstić information content (AvgIpc) is 3.39. The number of nitrogens with zero attached hydrogens (tertiary/aromatic N) is 1. The van der Waals surface area contributed by atoms with Crippen LogP contribution in [0.5, 0.6) is 0 Å². The van der Waals surface area contributed by atoms with Gasteiger partial charge in [0.2, 0.25) is 17.7 Å². The summed E-state index contributed by atoms with van der Waals surface area (Å²) in [5, 5.41) is 27.1. The van der Waals surface area contributed by atoms with E-state index in [-0.39, 0.29) is 38.2 Å². The number of aliphatic carboxylic acids is 1. The molecule has 43 heavy (non-hydrogen) atoms. The van der Waals surface area contributed by atoms with E-state index in [9.17, 15) is 29.4 Å². The van der Waals surface area contributed by atoms with E-state index in [0.717, 1.165) is 22.0 Å². The molecule has 0 saturated heterocycles. The van der Waals surface area contributed by atoms with Crippen molar-refractivity contribution in [2.75, 3.05) is 13.2 Å². The van der Waals surface area contributed by atoms with Crippen LogP contribution in [0.1, 0.15) is 24.0 Å². The molecule has 4 unspecified atom stereocenters. The number of nitrogens with two attached hydrogens (primary N) is 3. The third-order valence-electron chi connectivity index (χ3n) is 6.74. The Kier molecular flexibility index (Phi) is 12.0. The summed E-state index contributed by atoms with van der Waals surface area (Å²) >= 11 is 0. The van der Waals surface area contributed by atoms with E-state index in [1.165, 1.54) is 0 Å². The highest BCUT2D eigenvalue weighted by Crippen LogP contribution is 2.19. The zero-order valence-corrected chi connectivity index (χ0v) is 23.5. The third-order valence-corrected chi connectivity index (χ3v) is 6.74. The number of hydrogen-bond donors (Lipinski definition) is 9. The largest absolute Gasteiger partial charge is 0.480 e. The standard InChI is InChI=1S/C29H38N8O6/c30-20(13-17-7-2-1-3-8-17)25(39)36-23(14-18-15-34-21-10-5-4-9-19(18)21)27(41)35-22(11-6-12-33-29(31)32)26(40)37-24(16-38)28(42)43/h1-5,7-10,15,20,22-24,34,38H,6,11-14,16,30H2,(H,35,41)(H,36,39)(H,37,40)(H,42,43)(H4,31,32,33). The van der Waals surface area contributed by atoms with Crippen LogP contribution in [0, 0.1) is 0 Å². The molecule has 0 aliphatic carbocycles. The van der Waals surface area contributed by atoms with Gasteiger partial charge in [0.1, 0.15) is 18.1 Å². The number of carbonyl (C=O) groups is 4. The molecular formula is C29H38N8O6.